The van der Waals surface area contributed by atoms with E-state index in [0.717, 1.165) is 69.8 Å². The third kappa shape index (κ3) is 6.46. The molecule has 0 atom stereocenters. The predicted octanol–water partition coefficient (Wildman–Crippen LogP) is 5.15. The number of carbonyl (C=O) groups excluding carboxylic acids is 1. The van der Waals surface area contributed by atoms with Crippen molar-refractivity contribution in [1.29, 1.82) is 5.26 Å². The molecular formula is C30H37N5O2S2. The maximum absolute atomic E-state index is 13.5. The minimum atomic E-state index is -0.261. The van der Waals surface area contributed by atoms with Crippen LogP contribution in [0.3, 0.4) is 0 Å². The van der Waals surface area contributed by atoms with E-state index in [1.54, 1.807) is 9.47 Å². The van der Waals surface area contributed by atoms with Gasteiger partial charge in [0.25, 0.3) is 11.5 Å². The highest BCUT2D eigenvalue weighted by atomic mass is 32.2. The fourth-order valence-corrected chi connectivity index (χ4v) is 6.51. The van der Waals surface area contributed by atoms with Crippen molar-refractivity contribution >= 4 is 46.1 Å². The average molecular weight is 564 g/mol. The van der Waals surface area contributed by atoms with Gasteiger partial charge in [0.05, 0.1) is 4.91 Å². The van der Waals surface area contributed by atoms with Crippen LogP contribution in [0.5, 0.6) is 0 Å². The summed E-state index contributed by atoms with van der Waals surface area (Å²) in [5.74, 6) is 0.708. The predicted molar refractivity (Wildman–Crippen MR) is 164 cm³/mol. The molecule has 1 amide bonds. The van der Waals surface area contributed by atoms with Crippen molar-refractivity contribution in [2.24, 2.45) is 0 Å². The van der Waals surface area contributed by atoms with E-state index in [2.05, 4.69) is 47.1 Å². The van der Waals surface area contributed by atoms with Gasteiger partial charge in [-0.3, -0.25) is 24.0 Å². The molecule has 2 aliphatic heterocycles. The lowest BCUT2D eigenvalue weighted by Crippen LogP contribution is -2.48. The Morgan fingerprint density at radius 3 is 2.38 bits per heavy atom. The smallest absolute Gasteiger partial charge is 0.270 e. The van der Waals surface area contributed by atoms with E-state index < -0.39 is 0 Å². The molecule has 3 heterocycles. The van der Waals surface area contributed by atoms with Crippen LogP contribution in [0.1, 0.15) is 61.8 Å². The first-order chi connectivity index (χ1) is 18.9. The van der Waals surface area contributed by atoms with Crippen molar-refractivity contribution in [2.45, 2.75) is 59.5 Å². The number of nitriles is 1. The maximum atomic E-state index is 13.5. The minimum absolute atomic E-state index is 0.0918. The quantitative estimate of drug-likeness (QED) is 0.225. The van der Waals surface area contributed by atoms with Crippen molar-refractivity contribution in [3.63, 3.8) is 0 Å². The van der Waals surface area contributed by atoms with Gasteiger partial charge < -0.3 is 4.90 Å². The van der Waals surface area contributed by atoms with Crippen LogP contribution < -0.4 is 10.5 Å². The second-order valence-corrected chi connectivity index (χ2v) is 11.8. The molecule has 1 aromatic heterocycles. The summed E-state index contributed by atoms with van der Waals surface area (Å²) in [6.45, 7) is 11.2. The van der Waals surface area contributed by atoms with Gasteiger partial charge in [-0.05, 0) is 37.0 Å². The summed E-state index contributed by atoms with van der Waals surface area (Å²) >= 11 is 6.87. The van der Waals surface area contributed by atoms with Crippen molar-refractivity contribution in [1.82, 2.24) is 14.4 Å². The standard InChI is InChI=1S/C30H37N5O2S2/c1-4-6-10-14-35-29(37)26(39-30(35)38)19-24-22(3)25(20-31)28(36)34(13-5-2)27(24)33-17-15-32(16-18-33)21-23-11-8-7-9-12-23/h7-9,11-12,19H,4-6,10,13-18,21H2,1-3H3/b26-19-. The highest BCUT2D eigenvalue weighted by Crippen LogP contribution is 2.36. The van der Waals surface area contributed by atoms with Gasteiger partial charge in [0.15, 0.2) is 0 Å². The molecule has 7 nitrogen and oxygen atoms in total. The first-order valence-electron chi connectivity index (χ1n) is 13.8. The first kappa shape index (κ1) is 29.1. The van der Waals surface area contributed by atoms with Crippen molar-refractivity contribution in [3.8, 4) is 6.07 Å². The van der Waals surface area contributed by atoms with Gasteiger partial charge >= 0.3 is 0 Å². The summed E-state index contributed by atoms with van der Waals surface area (Å²) < 4.78 is 2.31. The normalized spacial score (nSPS) is 17.3. The monoisotopic (exact) mass is 563 g/mol. The summed E-state index contributed by atoms with van der Waals surface area (Å²) in [7, 11) is 0. The third-order valence-corrected chi connectivity index (χ3v) is 8.73. The first-order valence-corrected chi connectivity index (χ1v) is 15.1. The van der Waals surface area contributed by atoms with Crippen molar-refractivity contribution in [2.75, 3.05) is 37.6 Å². The molecule has 2 aliphatic rings. The molecular weight excluding hydrogens is 526 g/mol. The Bertz CT molecular complexity index is 1340. The molecule has 0 saturated carbocycles. The second kappa shape index (κ2) is 13.4. The molecule has 2 aromatic rings. The number of benzene rings is 1. The fourth-order valence-electron chi connectivity index (χ4n) is 5.22. The molecule has 0 N–H and O–H groups in total. The molecule has 1 aromatic carbocycles. The topological polar surface area (TPSA) is 72.6 Å². The lowest BCUT2D eigenvalue weighted by atomic mass is 10.0. The molecule has 39 heavy (non-hydrogen) atoms. The van der Waals surface area contributed by atoms with Crippen molar-refractivity contribution in [3.05, 3.63) is 67.8 Å². The summed E-state index contributed by atoms with van der Waals surface area (Å²) in [6.07, 6.45) is 5.65. The van der Waals surface area contributed by atoms with Crippen molar-refractivity contribution < 1.29 is 4.79 Å². The lowest BCUT2D eigenvalue weighted by molar-refractivity contribution is -0.122. The van der Waals surface area contributed by atoms with Crippen LogP contribution >= 0.6 is 24.0 Å². The summed E-state index contributed by atoms with van der Waals surface area (Å²) in [5, 5.41) is 9.90. The van der Waals surface area contributed by atoms with Gasteiger partial charge in [0.2, 0.25) is 0 Å². The number of amides is 1. The molecule has 4 rings (SSSR count). The Kier molecular flexibility index (Phi) is 10.0. The number of thioether (sulfide) groups is 1. The third-order valence-electron chi connectivity index (χ3n) is 7.35. The summed E-state index contributed by atoms with van der Waals surface area (Å²) in [5.41, 5.74) is 2.55. The van der Waals surface area contributed by atoms with E-state index in [9.17, 15) is 14.9 Å². The number of hydrogen-bond donors (Lipinski definition) is 0. The van der Waals surface area contributed by atoms with Crippen LogP contribution in [0.25, 0.3) is 6.08 Å². The van der Waals surface area contributed by atoms with Crippen LogP contribution in [0.15, 0.2) is 40.0 Å². The van der Waals surface area contributed by atoms with Crippen LogP contribution in [-0.2, 0) is 17.9 Å². The fraction of sp³-hybridized carbons (Fsp3) is 0.467. The average Bonchev–Trinajstić information content (AvgIpc) is 3.20. The lowest BCUT2D eigenvalue weighted by Gasteiger charge is -2.38. The highest BCUT2D eigenvalue weighted by molar-refractivity contribution is 8.26. The Hall–Kier alpha value is -2.93. The Morgan fingerprint density at radius 1 is 1.03 bits per heavy atom. The molecule has 2 fully saturated rings. The number of anilines is 1. The molecule has 9 heteroatoms. The van der Waals surface area contributed by atoms with Crippen LogP contribution in [-0.4, -0.2) is 57.3 Å². The van der Waals surface area contributed by atoms with Gasteiger partial charge in [-0.25, -0.2) is 0 Å². The molecule has 0 spiro atoms. The van der Waals surface area contributed by atoms with E-state index in [1.807, 2.05) is 26.0 Å². The minimum Gasteiger partial charge on any atom is -0.355 e. The van der Waals surface area contributed by atoms with Gasteiger partial charge in [0, 0.05) is 51.4 Å². The zero-order valence-corrected chi connectivity index (χ0v) is 24.7. The molecule has 2 saturated heterocycles. The van der Waals surface area contributed by atoms with E-state index >= 15 is 0 Å². The molecule has 0 unspecified atom stereocenters. The van der Waals surface area contributed by atoms with E-state index in [4.69, 9.17) is 12.2 Å². The molecule has 206 valence electrons. The largest absolute Gasteiger partial charge is 0.355 e. The van der Waals surface area contributed by atoms with Gasteiger partial charge in [-0.2, -0.15) is 5.26 Å². The molecule has 0 bridgehead atoms. The molecule has 0 aliphatic carbocycles. The van der Waals surface area contributed by atoms with Crippen LogP contribution in [0.4, 0.5) is 5.82 Å². The maximum Gasteiger partial charge on any atom is 0.270 e. The second-order valence-electron chi connectivity index (χ2n) is 10.1. The number of piperazine rings is 1. The van der Waals surface area contributed by atoms with Gasteiger partial charge in [0.1, 0.15) is 21.8 Å². The highest BCUT2D eigenvalue weighted by Gasteiger charge is 2.33. The number of carbonyl (C=O) groups is 1. The van der Waals surface area contributed by atoms with E-state index in [-0.39, 0.29) is 17.0 Å². The SMILES string of the molecule is CCCCCN1C(=O)/C(=C/c2c(C)c(C#N)c(=O)n(CCC)c2N2CCN(Cc3ccccc3)CC2)SC1=S. The Morgan fingerprint density at radius 2 is 1.74 bits per heavy atom. The number of pyridine rings is 1. The zero-order chi connectivity index (χ0) is 27.9. The summed E-state index contributed by atoms with van der Waals surface area (Å²) in [4.78, 5) is 33.7. The van der Waals surface area contributed by atoms with Gasteiger partial charge in [-0.1, -0.05) is 81.0 Å². The number of nitrogens with zero attached hydrogens (tertiary/aromatic N) is 5. The van der Waals surface area contributed by atoms with E-state index in [1.165, 1.54) is 17.3 Å². The van der Waals surface area contributed by atoms with E-state index in [0.29, 0.717) is 27.9 Å². The Balaban J connectivity index is 1.70. The number of unbranched alkanes of at least 4 members (excludes halogenated alkanes) is 2. The number of hydrogen-bond acceptors (Lipinski definition) is 7. The Labute approximate surface area is 241 Å². The van der Waals surface area contributed by atoms with Crippen LogP contribution in [0.2, 0.25) is 0 Å². The number of aromatic nitrogens is 1. The number of thiocarbonyl (C=S) groups is 1. The number of rotatable bonds is 10. The van der Waals surface area contributed by atoms with Gasteiger partial charge in [-0.15, -0.1) is 0 Å². The van der Waals surface area contributed by atoms with Crippen LogP contribution in [0, 0.1) is 18.3 Å². The zero-order valence-electron chi connectivity index (χ0n) is 23.1. The molecule has 0 radical (unpaired) electrons. The summed E-state index contributed by atoms with van der Waals surface area (Å²) in [6, 6.07) is 12.6.